The molecule has 0 amide bonds. The third kappa shape index (κ3) is 3.93. The molecule has 1 unspecified atom stereocenters. The summed E-state index contributed by atoms with van der Waals surface area (Å²) in [5, 5.41) is 3.43. The van der Waals surface area contributed by atoms with Crippen molar-refractivity contribution < 1.29 is 8.42 Å². The Balaban J connectivity index is 1.89. The molecule has 0 spiro atoms. The van der Waals surface area contributed by atoms with Gasteiger partial charge in [-0.05, 0) is 46.7 Å². The van der Waals surface area contributed by atoms with E-state index in [0.29, 0.717) is 19.1 Å². The fourth-order valence-electron chi connectivity index (χ4n) is 3.02. The molecule has 5 nitrogen and oxygen atoms in total. The summed E-state index contributed by atoms with van der Waals surface area (Å²) in [6.45, 7) is 7.29. The van der Waals surface area contributed by atoms with Crippen molar-refractivity contribution in [2.24, 2.45) is 0 Å². The Morgan fingerprint density at radius 1 is 1.25 bits per heavy atom. The van der Waals surface area contributed by atoms with Crippen LogP contribution in [0.4, 0.5) is 0 Å². The van der Waals surface area contributed by atoms with Crippen LogP contribution in [-0.2, 0) is 10.0 Å². The zero-order valence-electron chi connectivity index (χ0n) is 13.1. The monoisotopic (exact) mass is 303 g/mol. The largest absolute Gasteiger partial charge is 0.314 e. The summed E-state index contributed by atoms with van der Waals surface area (Å²) in [6.07, 6.45) is 4.30. The number of hydrogen-bond donors (Lipinski definition) is 1. The third-order valence-corrected chi connectivity index (χ3v) is 6.66. The molecular weight excluding hydrogens is 274 g/mol. The number of piperazine rings is 1. The van der Waals surface area contributed by atoms with Gasteiger partial charge in [-0.25, -0.2) is 8.42 Å². The van der Waals surface area contributed by atoms with Crippen LogP contribution in [0.1, 0.15) is 39.5 Å². The first kappa shape index (κ1) is 16.2. The van der Waals surface area contributed by atoms with Crippen LogP contribution in [0.15, 0.2) is 0 Å². The maximum absolute atomic E-state index is 12.5. The van der Waals surface area contributed by atoms with Gasteiger partial charge in [-0.1, -0.05) is 6.42 Å². The lowest BCUT2D eigenvalue weighted by Gasteiger charge is -2.44. The summed E-state index contributed by atoms with van der Waals surface area (Å²) >= 11 is 0. The van der Waals surface area contributed by atoms with E-state index in [1.165, 1.54) is 12.8 Å². The highest BCUT2D eigenvalue weighted by molar-refractivity contribution is 7.89. The van der Waals surface area contributed by atoms with E-state index in [1.54, 1.807) is 4.31 Å². The fraction of sp³-hybridized carbons (Fsp3) is 1.00. The highest BCUT2D eigenvalue weighted by Crippen LogP contribution is 2.22. The van der Waals surface area contributed by atoms with Crippen molar-refractivity contribution in [3.63, 3.8) is 0 Å². The molecule has 0 aromatic rings. The molecule has 6 heteroatoms. The second-order valence-corrected chi connectivity index (χ2v) is 8.91. The quantitative estimate of drug-likeness (QED) is 0.837. The highest BCUT2D eigenvalue weighted by atomic mass is 32.2. The SMILES string of the molecule is CN1CCN(S(=O)(=O)CCC2CCCCN2)CC1(C)C. The van der Waals surface area contributed by atoms with E-state index in [0.717, 1.165) is 25.9 Å². The molecule has 0 aromatic carbocycles. The maximum atomic E-state index is 12.5. The number of hydrogen-bond acceptors (Lipinski definition) is 4. The Morgan fingerprint density at radius 2 is 2.00 bits per heavy atom. The summed E-state index contributed by atoms with van der Waals surface area (Å²) < 4.78 is 26.7. The van der Waals surface area contributed by atoms with Crippen molar-refractivity contribution in [1.82, 2.24) is 14.5 Å². The van der Waals surface area contributed by atoms with Crippen LogP contribution in [0.5, 0.6) is 0 Å². The zero-order valence-corrected chi connectivity index (χ0v) is 13.9. The first-order chi connectivity index (χ1) is 9.31. The van der Waals surface area contributed by atoms with E-state index in [4.69, 9.17) is 0 Å². The summed E-state index contributed by atoms with van der Waals surface area (Å²) in [5.74, 6) is 0.282. The molecule has 1 N–H and O–H groups in total. The number of sulfonamides is 1. The van der Waals surface area contributed by atoms with E-state index in [1.807, 2.05) is 0 Å². The maximum Gasteiger partial charge on any atom is 0.214 e. The van der Waals surface area contributed by atoms with Gasteiger partial charge in [0.2, 0.25) is 10.0 Å². The predicted molar refractivity (Wildman–Crippen MR) is 82.3 cm³/mol. The van der Waals surface area contributed by atoms with Crippen LogP contribution in [0.2, 0.25) is 0 Å². The summed E-state index contributed by atoms with van der Waals surface area (Å²) in [6, 6.07) is 0.388. The van der Waals surface area contributed by atoms with Gasteiger partial charge in [0.15, 0.2) is 0 Å². The predicted octanol–water partition coefficient (Wildman–Crippen LogP) is 0.874. The molecule has 2 aliphatic rings. The Kier molecular flexibility index (Phi) is 5.10. The zero-order chi connectivity index (χ0) is 14.8. The Hall–Kier alpha value is -0.170. The topological polar surface area (TPSA) is 52.7 Å². The van der Waals surface area contributed by atoms with Gasteiger partial charge >= 0.3 is 0 Å². The molecule has 2 heterocycles. The number of rotatable bonds is 4. The van der Waals surface area contributed by atoms with Crippen molar-refractivity contribution in [3.05, 3.63) is 0 Å². The molecule has 20 heavy (non-hydrogen) atoms. The number of nitrogens with one attached hydrogen (secondary N) is 1. The van der Waals surface area contributed by atoms with Gasteiger partial charge in [0, 0.05) is 31.2 Å². The van der Waals surface area contributed by atoms with Gasteiger partial charge in [0.05, 0.1) is 5.75 Å². The van der Waals surface area contributed by atoms with E-state index < -0.39 is 10.0 Å². The average Bonchev–Trinajstić information content (AvgIpc) is 2.41. The van der Waals surface area contributed by atoms with Crippen molar-refractivity contribution in [2.45, 2.75) is 51.1 Å². The van der Waals surface area contributed by atoms with Gasteiger partial charge in [-0.2, -0.15) is 4.31 Å². The van der Waals surface area contributed by atoms with Crippen LogP contribution in [0.25, 0.3) is 0 Å². The lowest BCUT2D eigenvalue weighted by atomic mass is 10.0. The molecule has 0 aliphatic carbocycles. The lowest BCUT2D eigenvalue weighted by molar-refractivity contribution is 0.0801. The Bertz CT molecular complexity index is 416. The van der Waals surface area contributed by atoms with Gasteiger partial charge in [-0.15, -0.1) is 0 Å². The minimum Gasteiger partial charge on any atom is -0.314 e. The van der Waals surface area contributed by atoms with Crippen molar-refractivity contribution in [1.29, 1.82) is 0 Å². The van der Waals surface area contributed by atoms with Gasteiger partial charge in [-0.3, -0.25) is 4.90 Å². The molecule has 118 valence electrons. The summed E-state index contributed by atoms with van der Waals surface area (Å²) in [7, 11) is -1.05. The molecule has 0 bridgehead atoms. The first-order valence-electron chi connectivity index (χ1n) is 7.74. The van der Waals surface area contributed by atoms with Gasteiger partial charge < -0.3 is 5.32 Å². The third-order valence-electron chi connectivity index (χ3n) is 4.81. The van der Waals surface area contributed by atoms with Crippen LogP contribution >= 0.6 is 0 Å². The van der Waals surface area contributed by atoms with Crippen LogP contribution < -0.4 is 5.32 Å². The number of nitrogens with zero attached hydrogens (tertiary/aromatic N) is 2. The van der Waals surface area contributed by atoms with Crippen LogP contribution in [-0.4, -0.2) is 68.2 Å². The number of likely N-dealkylation sites (N-methyl/N-ethyl adjacent to an activating group) is 1. The van der Waals surface area contributed by atoms with E-state index in [9.17, 15) is 8.42 Å². The molecule has 0 radical (unpaired) electrons. The fourth-order valence-corrected chi connectivity index (χ4v) is 4.74. The molecule has 0 saturated carbocycles. The second-order valence-electron chi connectivity index (χ2n) is 6.82. The summed E-state index contributed by atoms with van der Waals surface area (Å²) in [4.78, 5) is 2.24. The molecule has 0 aromatic heterocycles. The molecular formula is C14H29N3O2S. The van der Waals surface area contributed by atoms with Crippen molar-refractivity contribution in [3.8, 4) is 0 Å². The van der Waals surface area contributed by atoms with Crippen molar-refractivity contribution in [2.75, 3.05) is 39.0 Å². The Morgan fingerprint density at radius 3 is 2.60 bits per heavy atom. The van der Waals surface area contributed by atoms with E-state index in [-0.39, 0.29) is 11.3 Å². The molecule has 2 fully saturated rings. The standard InChI is InChI=1S/C14H29N3O2S/c1-14(2)12-17(10-9-16(14)3)20(18,19)11-7-13-6-4-5-8-15-13/h13,15H,4-12H2,1-3H3. The smallest absolute Gasteiger partial charge is 0.214 e. The first-order valence-corrected chi connectivity index (χ1v) is 9.35. The normalized spacial score (nSPS) is 29.4. The average molecular weight is 303 g/mol. The lowest BCUT2D eigenvalue weighted by Crippen LogP contribution is -2.59. The molecule has 1 atom stereocenters. The second kappa shape index (κ2) is 6.30. The van der Waals surface area contributed by atoms with E-state index >= 15 is 0 Å². The molecule has 2 aliphatic heterocycles. The Labute approximate surface area is 123 Å². The minimum absolute atomic E-state index is 0.0750. The number of piperidine rings is 1. The molecule has 2 rings (SSSR count). The van der Waals surface area contributed by atoms with Crippen molar-refractivity contribution >= 4 is 10.0 Å². The van der Waals surface area contributed by atoms with Crippen LogP contribution in [0.3, 0.4) is 0 Å². The highest BCUT2D eigenvalue weighted by Gasteiger charge is 2.36. The van der Waals surface area contributed by atoms with E-state index in [2.05, 4.69) is 31.1 Å². The van der Waals surface area contributed by atoms with Gasteiger partial charge in [0.25, 0.3) is 0 Å². The van der Waals surface area contributed by atoms with Gasteiger partial charge in [0.1, 0.15) is 0 Å². The minimum atomic E-state index is -3.11. The summed E-state index contributed by atoms with van der Waals surface area (Å²) in [5.41, 5.74) is -0.0750. The molecule has 2 saturated heterocycles. The van der Waals surface area contributed by atoms with Crippen LogP contribution in [0, 0.1) is 0 Å².